The van der Waals surface area contributed by atoms with E-state index in [1.807, 2.05) is 43.3 Å². The number of sulfonamides is 1. The summed E-state index contributed by atoms with van der Waals surface area (Å²) in [5.74, 6) is 0.786. The van der Waals surface area contributed by atoms with Gasteiger partial charge in [-0.2, -0.15) is 0 Å². The molecule has 6 nitrogen and oxygen atoms in total. The standard InChI is InChI=1S/C23H32N2O4S/c1-6-21(25(30(5,27)28)19-13-11-18(4)12-14-19)23(26)24-15-16-29-22-10-8-7-9-20(22)17(2)3/h7-14,17,21H,6,15-16H2,1-5H3,(H,24,26)/t21-/m0/s1. The van der Waals surface area contributed by atoms with Crippen LogP contribution in [0.4, 0.5) is 5.69 Å². The number of hydrogen-bond donors (Lipinski definition) is 1. The van der Waals surface area contributed by atoms with Crippen LogP contribution in [0.3, 0.4) is 0 Å². The zero-order chi connectivity index (χ0) is 22.3. The third-order valence-electron chi connectivity index (χ3n) is 4.82. The van der Waals surface area contributed by atoms with Crippen molar-refractivity contribution in [2.45, 2.75) is 46.1 Å². The van der Waals surface area contributed by atoms with Gasteiger partial charge in [0.2, 0.25) is 15.9 Å². The number of rotatable bonds is 10. The molecule has 1 amide bonds. The zero-order valence-electron chi connectivity index (χ0n) is 18.4. The van der Waals surface area contributed by atoms with Crippen LogP contribution in [0, 0.1) is 6.92 Å². The molecule has 0 spiro atoms. The highest BCUT2D eigenvalue weighted by Gasteiger charge is 2.31. The average Bonchev–Trinajstić information content (AvgIpc) is 2.69. The Bertz CT molecular complexity index is 940. The van der Waals surface area contributed by atoms with E-state index in [1.54, 1.807) is 19.1 Å². The quantitative estimate of drug-likeness (QED) is 0.579. The number of anilines is 1. The summed E-state index contributed by atoms with van der Waals surface area (Å²) in [4.78, 5) is 12.8. The van der Waals surface area contributed by atoms with Crippen molar-refractivity contribution in [2.75, 3.05) is 23.7 Å². The van der Waals surface area contributed by atoms with Gasteiger partial charge in [0.25, 0.3) is 0 Å². The predicted molar refractivity (Wildman–Crippen MR) is 122 cm³/mol. The Balaban J connectivity index is 2.05. The van der Waals surface area contributed by atoms with E-state index in [9.17, 15) is 13.2 Å². The maximum absolute atomic E-state index is 12.8. The maximum Gasteiger partial charge on any atom is 0.244 e. The van der Waals surface area contributed by atoms with Gasteiger partial charge in [-0.15, -0.1) is 0 Å². The van der Waals surface area contributed by atoms with Gasteiger partial charge in [0.15, 0.2) is 0 Å². The van der Waals surface area contributed by atoms with Gasteiger partial charge in [-0.25, -0.2) is 8.42 Å². The van der Waals surface area contributed by atoms with Crippen molar-refractivity contribution in [2.24, 2.45) is 0 Å². The van der Waals surface area contributed by atoms with Crippen molar-refractivity contribution in [3.8, 4) is 5.75 Å². The van der Waals surface area contributed by atoms with E-state index in [0.29, 0.717) is 24.6 Å². The third-order valence-corrected chi connectivity index (χ3v) is 6.00. The van der Waals surface area contributed by atoms with Crippen molar-refractivity contribution < 1.29 is 17.9 Å². The fourth-order valence-electron chi connectivity index (χ4n) is 3.29. The van der Waals surface area contributed by atoms with Gasteiger partial charge in [0.1, 0.15) is 18.4 Å². The molecule has 2 rings (SSSR count). The molecular formula is C23H32N2O4S. The Morgan fingerprint density at radius 1 is 1.10 bits per heavy atom. The normalized spacial score (nSPS) is 12.5. The molecule has 1 N–H and O–H groups in total. The van der Waals surface area contributed by atoms with Crippen LogP contribution in [-0.2, 0) is 14.8 Å². The van der Waals surface area contributed by atoms with E-state index < -0.39 is 16.1 Å². The summed E-state index contributed by atoms with van der Waals surface area (Å²) in [6, 6.07) is 14.1. The second-order valence-electron chi connectivity index (χ2n) is 7.65. The van der Waals surface area contributed by atoms with E-state index in [-0.39, 0.29) is 12.5 Å². The summed E-state index contributed by atoms with van der Waals surface area (Å²) in [6.45, 7) is 8.51. The largest absolute Gasteiger partial charge is 0.491 e. The lowest BCUT2D eigenvalue weighted by molar-refractivity contribution is -0.122. The third kappa shape index (κ3) is 6.23. The molecule has 0 unspecified atom stereocenters. The van der Waals surface area contributed by atoms with Gasteiger partial charge < -0.3 is 10.1 Å². The highest BCUT2D eigenvalue weighted by atomic mass is 32.2. The molecule has 0 saturated heterocycles. The molecule has 0 radical (unpaired) electrons. The van der Waals surface area contributed by atoms with Crippen LogP contribution in [0.15, 0.2) is 48.5 Å². The van der Waals surface area contributed by atoms with Crippen molar-refractivity contribution in [3.63, 3.8) is 0 Å². The molecule has 0 fully saturated rings. The summed E-state index contributed by atoms with van der Waals surface area (Å²) >= 11 is 0. The first-order valence-corrected chi connectivity index (χ1v) is 12.1. The second kappa shape index (κ2) is 10.5. The lowest BCUT2D eigenvalue weighted by Gasteiger charge is -2.30. The number of benzene rings is 2. The molecule has 0 heterocycles. The molecule has 0 bridgehead atoms. The minimum Gasteiger partial charge on any atom is -0.491 e. The number of carbonyl (C=O) groups is 1. The van der Waals surface area contributed by atoms with Crippen LogP contribution in [0.25, 0.3) is 0 Å². The Morgan fingerprint density at radius 3 is 2.30 bits per heavy atom. The number of nitrogens with zero attached hydrogens (tertiary/aromatic N) is 1. The number of para-hydroxylation sites is 1. The van der Waals surface area contributed by atoms with E-state index in [1.165, 1.54) is 4.31 Å². The molecule has 0 aliphatic rings. The molecule has 0 aromatic heterocycles. The highest BCUT2D eigenvalue weighted by Crippen LogP contribution is 2.26. The minimum absolute atomic E-state index is 0.285. The second-order valence-corrected chi connectivity index (χ2v) is 9.51. The van der Waals surface area contributed by atoms with Crippen LogP contribution in [0.5, 0.6) is 5.75 Å². The number of aryl methyl sites for hydroxylation is 1. The van der Waals surface area contributed by atoms with Gasteiger partial charge in [-0.05, 0) is 43.0 Å². The molecule has 30 heavy (non-hydrogen) atoms. The summed E-state index contributed by atoms with van der Waals surface area (Å²) in [6.07, 6.45) is 1.47. The molecule has 164 valence electrons. The molecule has 1 atom stereocenters. The molecule has 2 aromatic carbocycles. The maximum atomic E-state index is 12.8. The number of amides is 1. The van der Waals surface area contributed by atoms with Crippen molar-refractivity contribution in [1.82, 2.24) is 5.32 Å². The summed E-state index contributed by atoms with van der Waals surface area (Å²) in [5, 5.41) is 2.82. The molecule has 2 aromatic rings. The summed E-state index contributed by atoms with van der Waals surface area (Å²) < 4.78 is 32.0. The van der Waals surface area contributed by atoms with E-state index in [4.69, 9.17) is 4.74 Å². The highest BCUT2D eigenvalue weighted by molar-refractivity contribution is 7.92. The number of carbonyl (C=O) groups excluding carboxylic acids is 1. The van der Waals surface area contributed by atoms with Gasteiger partial charge in [0.05, 0.1) is 18.5 Å². The molecule has 0 saturated carbocycles. The average molecular weight is 433 g/mol. The lowest BCUT2D eigenvalue weighted by atomic mass is 10.0. The van der Waals surface area contributed by atoms with Crippen LogP contribution >= 0.6 is 0 Å². The Kier molecular flexibility index (Phi) is 8.29. The van der Waals surface area contributed by atoms with Crippen LogP contribution in [0.2, 0.25) is 0 Å². The molecule has 7 heteroatoms. The molecule has 0 aliphatic carbocycles. The van der Waals surface area contributed by atoms with E-state index in [2.05, 4.69) is 19.2 Å². The number of ether oxygens (including phenoxy) is 1. The topological polar surface area (TPSA) is 75.7 Å². The van der Waals surface area contributed by atoms with Crippen molar-refractivity contribution in [1.29, 1.82) is 0 Å². The first-order valence-electron chi connectivity index (χ1n) is 10.2. The van der Waals surface area contributed by atoms with Crippen LogP contribution in [0.1, 0.15) is 44.2 Å². The van der Waals surface area contributed by atoms with Crippen molar-refractivity contribution >= 4 is 21.6 Å². The van der Waals surface area contributed by atoms with Gasteiger partial charge in [-0.1, -0.05) is 56.7 Å². The first kappa shape index (κ1) is 23.7. The molecular weight excluding hydrogens is 400 g/mol. The van der Waals surface area contributed by atoms with Crippen LogP contribution in [-0.4, -0.2) is 39.8 Å². The summed E-state index contributed by atoms with van der Waals surface area (Å²) in [7, 11) is -3.63. The Hall–Kier alpha value is -2.54. The zero-order valence-corrected chi connectivity index (χ0v) is 19.2. The number of hydrogen-bond acceptors (Lipinski definition) is 4. The van der Waals surface area contributed by atoms with Gasteiger partial charge >= 0.3 is 0 Å². The lowest BCUT2D eigenvalue weighted by Crippen LogP contribution is -2.50. The van der Waals surface area contributed by atoms with Crippen LogP contribution < -0.4 is 14.4 Å². The first-order chi connectivity index (χ1) is 14.1. The predicted octanol–water partition coefficient (Wildman–Crippen LogP) is 3.86. The Morgan fingerprint density at radius 2 is 1.73 bits per heavy atom. The summed E-state index contributed by atoms with van der Waals surface area (Å²) in [5.41, 5.74) is 2.61. The molecule has 0 aliphatic heterocycles. The smallest absolute Gasteiger partial charge is 0.244 e. The van der Waals surface area contributed by atoms with Gasteiger partial charge in [0, 0.05) is 0 Å². The van der Waals surface area contributed by atoms with Crippen molar-refractivity contribution in [3.05, 3.63) is 59.7 Å². The fraction of sp³-hybridized carbons (Fsp3) is 0.435. The van der Waals surface area contributed by atoms with E-state index in [0.717, 1.165) is 23.1 Å². The fourth-order valence-corrected chi connectivity index (χ4v) is 4.51. The van der Waals surface area contributed by atoms with Gasteiger partial charge in [-0.3, -0.25) is 9.10 Å². The van der Waals surface area contributed by atoms with E-state index >= 15 is 0 Å². The number of nitrogens with one attached hydrogen (secondary N) is 1. The minimum atomic E-state index is -3.63. The Labute approximate surface area is 180 Å². The monoisotopic (exact) mass is 432 g/mol. The SMILES string of the molecule is CC[C@@H](C(=O)NCCOc1ccccc1C(C)C)N(c1ccc(C)cc1)S(C)(=O)=O.